The minimum Gasteiger partial charge on any atom is -0.474 e. The molecule has 3 heteroatoms. The van der Waals surface area contributed by atoms with E-state index >= 15 is 0 Å². The lowest BCUT2D eigenvalue weighted by atomic mass is 9.95. The summed E-state index contributed by atoms with van der Waals surface area (Å²) in [5, 5.41) is 0. The van der Waals surface area contributed by atoms with Gasteiger partial charge in [0.2, 0.25) is 5.88 Å². The van der Waals surface area contributed by atoms with E-state index in [1.807, 2.05) is 0 Å². The predicted molar refractivity (Wildman–Crippen MR) is 87.6 cm³/mol. The molecule has 1 aromatic heterocycles. The smallest absolute Gasteiger partial charge is 0.218 e. The maximum absolute atomic E-state index is 6.09. The molecule has 0 aromatic carbocycles. The first-order valence-corrected chi connectivity index (χ1v) is 8.63. The molecule has 0 saturated heterocycles. The van der Waals surface area contributed by atoms with Gasteiger partial charge in [0, 0.05) is 17.8 Å². The monoisotopic (exact) mass is 290 g/mol. The molecule has 0 saturated carbocycles. The maximum Gasteiger partial charge on any atom is 0.218 e. The average Bonchev–Trinajstić information content (AvgIpc) is 2.51. The van der Waals surface area contributed by atoms with E-state index in [1.54, 1.807) is 0 Å². The van der Waals surface area contributed by atoms with E-state index in [1.165, 1.54) is 49.8 Å². The molecule has 0 amide bonds. The summed E-state index contributed by atoms with van der Waals surface area (Å²) in [4.78, 5) is 4.77. The molecule has 0 spiro atoms. The molecular weight excluding hydrogens is 260 g/mol. The van der Waals surface area contributed by atoms with E-state index < -0.39 is 0 Å². The highest BCUT2D eigenvalue weighted by Gasteiger charge is 2.16. The molecular formula is C18H30N2O. The van der Waals surface area contributed by atoms with Crippen LogP contribution in [0, 0.1) is 0 Å². The minimum atomic E-state index is 0.223. The van der Waals surface area contributed by atoms with Crippen LogP contribution in [-0.4, -0.2) is 11.1 Å². The number of fused-ring (bicyclic) bond motifs is 1. The molecule has 21 heavy (non-hydrogen) atoms. The number of unbranched alkanes of at least 4 members (excludes halogenated alkanes) is 3. The lowest BCUT2D eigenvalue weighted by Crippen LogP contribution is -2.17. The normalized spacial score (nSPS) is 15.6. The Balaban J connectivity index is 1.98. The second-order valence-electron chi connectivity index (χ2n) is 6.25. The number of nitrogens with two attached hydrogens (primary N) is 1. The van der Waals surface area contributed by atoms with Gasteiger partial charge in [0.25, 0.3) is 0 Å². The Hall–Kier alpha value is -1.09. The van der Waals surface area contributed by atoms with Gasteiger partial charge in [0.05, 0.1) is 6.10 Å². The second-order valence-corrected chi connectivity index (χ2v) is 6.25. The van der Waals surface area contributed by atoms with E-state index in [0.717, 1.165) is 30.7 Å². The van der Waals surface area contributed by atoms with Crippen LogP contribution in [0.5, 0.6) is 5.88 Å². The van der Waals surface area contributed by atoms with Crippen LogP contribution in [-0.2, 0) is 19.4 Å². The van der Waals surface area contributed by atoms with Gasteiger partial charge in [0.15, 0.2) is 0 Å². The standard InChI is InChI=1S/C18H30N2O/c1-3-4-5-6-9-14(2)21-18-16(13-19)12-15-10-7-8-11-17(15)20-18/h12,14H,3-11,13,19H2,1-2H3. The number of nitrogens with zero attached hydrogens (tertiary/aromatic N) is 1. The van der Waals surface area contributed by atoms with Crippen molar-refractivity contribution in [1.29, 1.82) is 0 Å². The number of hydrogen-bond donors (Lipinski definition) is 1. The third kappa shape index (κ3) is 4.70. The summed E-state index contributed by atoms with van der Waals surface area (Å²) in [6, 6.07) is 2.22. The minimum absolute atomic E-state index is 0.223. The van der Waals surface area contributed by atoms with Crippen LogP contribution in [0.25, 0.3) is 0 Å². The first-order chi connectivity index (χ1) is 10.2. The topological polar surface area (TPSA) is 48.1 Å². The third-order valence-electron chi connectivity index (χ3n) is 4.34. The fraction of sp³-hybridized carbons (Fsp3) is 0.722. The molecule has 1 heterocycles. The van der Waals surface area contributed by atoms with E-state index in [-0.39, 0.29) is 6.10 Å². The van der Waals surface area contributed by atoms with E-state index in [9.17, 15) is 0 Å². The van der Waals surface area contributed by atoms with Crippen LogP contribution in [0.1, 0.15) is 75.6 Å². The molecule has 3 nitrogen and oxygen atoms in total. The van der Waals surface area contributed by atoms with Crippen LogP contribution in [0.2, 0.25) is 0 Å². The van der Waals surface area contributed by atoms with Crippen molar-refractivity contribution in [2.45, 2.75) is 84.3 Å². The Morgan fingerprint density at radius 2 is 2.05 bits per heavy atom. The van der Waals surface area contributed by atoms with E-state index in [0.29, 0.717) is 6.54 Å². The van der Waals surface area contributed by atoms with Gasteiger partial charge in [-0.2, -0.15) is 0 Å². The maximum atomic E-state index is 6.09. The molecule has 1 aromatic rings. The first kappa shape index (κ1) is 16.3. The summed E-state index contributed by atoms with van der Waals surface area (Å²) in [5.74, 6) is 0.779. The first-order valence-electron chi connectivity index (χ1n) is 8.63. The molecule has 2 rings (SSSR count). The van der Waals surface area contributed by atoms with Crippen LogP contribution in [0.3, 0.4) is 0 Å². The molecule has 1 aliphatic rings. The summed E-state index contributed by atoms with van der Waals surface area (Å²) in [6.07, 6.45) is 11.2. The lowest BCUT2D eigenvalue weighted by molar-refractivity contribution is 0.195. The second kappa shape index (κ2) is 8.38. The molecule has 0 aliphatic heterocycles. The van der Waals surface area contributed by atoms with Gasteiger partial charge in [0.1, 0.15) is 0 Å². The zero-order valence-corrected chi connectivity index (χ0v) is 13.7. The van der Waals surface area contributed by atoms with Gasteiger partial charge in [-0.25, -0.2) is 4.98 Å². The van der Waals surface area contributed by atoms with Gasteiger partial charge in [-0.3, -0.25) is 0 Å². The highest BCUT2D eigenvalue weighted by molar-refractivity contribution is 5.35. The summed E-state index contributed by atoms with van der Waals surface area (Å²) >= 11 is 0. The molecule has 0 fully saturated rings. The Labute approximate surface area is 129 Å². The quantitative estimate of drug-likeness (QED) is 0.731. The van der Waals surface area contributed by atoms with Crippen molar-refractivity contribution in [2.75, 3.05) is 0 Å². The Morgan fingerprint density at radius 1 is 1.24 bits per heavy atom. The van der Waals surface area contributed by atoms with E-state index in [4.69, 9.17) is 15.5 Å². The summed E-state index contributed by atoms with van der Waals surface area (Å²) in [5.41, 5.74) is 9.55. The number of aromatic nitrogens is 1. The molecule has 1 atom stereocenters. The third-order valence-corrected chi connectivity index (χ3v) is 4.34. The van der Waals surface area contributed by atoms with Crippen LogP contribution in [0.4, 0.5) is 0 Å². The Morgan fingerprint density at radius 3 is 2.81 bits per heavy atom. The average molecular weight is 290 g/mol. The van der Waals surface area contributed by atoms with Gasteiger partial charge in [-0.1, -0.05) is 26.2 Å². The van der Waals surface area contributed by atoms with Crippen molar-refractivity contribution in [3.63, 3.8) is 0 Å². The summed E-state index contributed by atoms with van der Waals surface area (Å²) in [7, 11) is 0. The number of aryl methyl sites for hydroxylation is 2. The highest BCUT2D eigenvalue weighted by Crippen LogP contribution is 2.26. The van der Waals surface area contributed by atoms with Crippen molar-refractivity contribution in [1.82, 2.24) is 4.98 Å². The van der Waals surface area contributed by atoms with Crippen LogP contribution >= 0.6 is 0 Å². The van der Waals surface area contributed by atoms with E-state index in [2.05, 4.69) is 19.9 Å². The van der Waals surface area contributed by atoms with Crippen LogP contribution < -0.4 is 10.5 Å². The molecule has 118 valence electrons. The highest BCUT2D eigenvalue weighted by atomic mass is 16.5. The number of hydrogen-bond acceptors (Lipinski definition) is 3. The van der Waals surface area contributed by atoms with Crippen molar-refractivity contribution in [2.24, 2.45) is 5.73 Å². The molecule has 0 radical (unpaired) electrons. The van der Waals surface area contributed by atoms with Crippen molar-refractivity contribution in [3.05, 3.63) is 22.9 Å². The van der Waals surface area contributed by atoms with Crippen molar-refractivity contribution >= 4 is 0 Å². The van der Waals surface area contributed by atoms with Crippen LogP contribution in [0.15, 0.2) is 6.07 Å². The molecule has 2 N–H and O–H groups in total. The Bertz CT molecular complexity index is 445. The molecule has 1 aliphatic carbocycles. The van der Waals surface area contributed by atoms with Gasteiger partial charge in [-0.05, 0) is 57.1 Å². The largest absolute Gasteiger partial charge is 0.474 e. The van der Waals surface area contributed by atoms with Gasteiger partial charge in [-0.15, -0.1) is 0 Å². The van der Waals surface area contributed by atoms with Crippen molar-refractivity contribution in [3.8, 4) is 5.88 Å². The van der Waals surface area contributed by atoms with Gasteiger partial charge >= 0.3 is 0 Å². The summed E-state index contributed by atoms with van der Waals surface area (Å²) < 4.78 is 6.09. The molecule has 0 bridgehead atoms. The lowest BCUT2D eigenvalue weighted by Gasteiger charge is -2.21. The molecule has 1 unspecified atom stereocenters. The fourth-order valence-corrected chi connectivity index (χ4v) is 3.02. The fourth-order valence-electron chi connectivity index (χ4n) is 3.02. The van der Waals surface area contributed by atoms with Gasteiger partial charge < -0.3 is 10.5 Å². The predicted octanol–water partition coefficient (Wildman–Crippen LogP) is 4.16. The zero-order valence-electron chi connectivity index (χ0n) is 13.7. The number of ether oxygens (including phenoxy) is 1. The number of pyridine rings is 1. The Kier molecular flexibility index (Phi) is 6.50. The SMILES string of the molecule is CCCCCCC(C)Oc1nc2c(cc1CN)CCCC2. The number of rotatable bonds is 8. The summed E-state index contributed by atoms with van der Waals surface area (Å²) in [6.45, 7) is 4.90. The zero-order chi connectivity index (χ0) is 15.1. The van der Waals surface area contributed by atoms with Crippen molar-refractivity contribution < 1.29 is 4.74 Å².